The first-order valence-electron chi connectivity index (χ1n) is 6.85. The van der Waals surface area contributed by atoms with Crippen molar-refractivity contribution < 1.29 is 12.8 Å². The highest BCUT2D eigenvalue weighted by Gasteiger charge is 2.19. The lowest BCUT2D eigenvalue weighted by Crippen LogP contribution is -2.14. The smallest absolute Gasteiger partial charge is 0.336 e. The second-order valence-electron chi connectivity index (χ2n) is 5.23. The Morgan fingerprint density at radius 1 is 1.17 bits per heavy atom. The Balaban J connectivity index is 2.05. The number of fused-ring (bicyclic) bond motifs is 1. The van der Waals surface area contributed by atoms with E-state index in [0.29, 0.717) is 22.4 Å². The number of rotatable bonds is 3. The van der Waals surface area contributed by atoms with Gasteiger partial charge < -0.3 is 4.42 Å². The van der Waals surface area contributed by atoms with Gasteiger partial charge in [0, 0.05) is 18.5 Å². The van der Waals surface area contributed by atoms with Gasteiger partial charge in [0.1, 0.15) is 5.58 Å². The highest BCUT2D eigenvalue weighted by atomic mass is 32.2. The molecule has 0 aliphatic carbocycles. The minimum atomic E-state index is -3.77. The van der Waals surface area contributed by atoms with Crippen LogP contribution in [0.3, 0.4) is 0 Å². The molecule has 8 heteroatoms. The van der Waals surface area contributed by atoms with E-state index in [4.69, 9.17) is 4.42 Å². The fraction of sp³-hybridized carbons (Fsp3) is 0.200. The highest BCUT2D eigenvalue weighted by molar-refractivity contribution is 7.92. The van der Waals surface area contributed by atoms with E-state index >= 15 is 0 Å². The maximum Gasteiger partial charge on any atom is 0.336 e. The molecule has 1 N–H and O–H groups in total. The number of nitrogens with zero attached hydrogens (tertiary/aromatic N) is 2. The Labute approximate surface area is 132 Å². The molecule has 0 aliphatic rings. The molecular weight excluding hydrogens is 318 g/mol. The lowest BCUT2D eigenvalue weighted by atomic mass is 10.2. The molecule has 7 nitrogen and oxygen atoms in total. The lowest BCUT2D eigenvalue weighted by molar-refractivity contribution is 0.560. The van der Waals surface area contributed by atoms with E-state index in [0.717, 1.165) is 5.69 Å². The Morgan fingerprint density at radius 2 is 1.91 bits per heavy atom. The summed E-state index contributed by atoms with van der Waals surface area (Å²) in [4.78, 5) is 11.3. The fourth-order valence-corrected chi connectivity index (χ4v) is 3.54. The van der Waals surface area contributed by atoms with Gasteiger partial charge in [-0.25, -0.2) is 13.2 Å². The van der Waals surface area contributed by atoms with Crippen LogP contribution in [-0.4, -0.2) is 18.2 Å². The molecule has 23 heavy (non-hydrogen) atoms. The molecule has 3 rings (SSSR count). The van der Waals surface area contributed by atoms with Crippen molar-refractivity contribution in [1.82, 2.24) is 9.78 Å². The molecule has 0 amide bonds. The molecule has 0 unspecified atom stereocenters. The maximum atomic E-state index is 12.6. The van der Waals surface area contributed by atoms with E-state index in [1.807, 2.05) is 0 Å². The second-order valence-corrected chi connectivity index (χ2v) is 6.91. The minimum absolute atomic E-state index is 0.0847. The normalized spacial score (nSPS) is 11.8. The van der Waals surface area contributed by atoms with E-state index in [-0.39, 0.29) is 4.90 Å². The Bertz CT molecular complexity index is 1060. The summed E-state index contributed by atoms with van der Waals surface area (Å²) in [7, 11) is -2.02. The number of hydrogen-bond donors (Lipinski definition) is 1. The summed E-state index contributed by atoms with van der Waals surface area (Å²) in [6.45, 7) is 3.52. The van der Waals surface area contributed by atoms with Crippen LogP contribution in [0.4, 0.5) is 5.69 Å². The molecule has 120 valence electrons. The van der Waals surface area contributed by atoms with E-state index in [1.54, 1.807) is 25.6 Å². The van der Waals surface area contributed by atoms with Gasteiger partial charge in [0.2, 0.25) is 0 Å². The van der Waals surface area contributed by atoms with Gasteiger partial charge >= 0.3 is 5.63 Å². The van der Waals surface area contributed by atoms with E-state index in [9.17, 15) is 13.2 Å². The quantitative estimate of drug-likeness (QED) is 0.739. The predicted octanol–water partition coefficient (Wildman–Crippen LogP) is 1.94. The second kappa shape index (κ2) is 5.24. The number of aromatic nitrogens is 2. The Kier molecular flexibility index (Phi) is 3.48. The number of aryl methyl sites for hydroxylation is 2. The van der Waals surface area contributed by atoms with Gasteiger partial charge in [0.25, 0.3) is 10.0 Å². The van der Waals surface area contributed by atoms with Crippen LogP contribution < -0.4 is 10.3 Å². The van der Waals surface area contributed by atoms with Gasteiger partial charge in [0.15, 0.2) is 0 Å². The van der Waals surface area contributed by atoms with Crippen LogP contribution in [0.15, 0.2) is 44.4 Å². The summed E-state index contributed by atoms with van der Waals surface area (Å²) < 4.78 is 34.4. The minimum Gasteiger partial charge on any atom is -0.423 e. The highest BCUT2D eigenvalue weighted by Crippen LogP contribution is 2.24. The van der Waals surface area contributed by atoms with Crippen molar-refractivity contribution in [3.05, 3.63) is 52.1 Å². The average molecular weight is 333 g/mol. The predicted molar refractivity (Wildman–Crippen MR) is 86.0 cm³/mol. The zero-order valence-corrected chi connectivity index (χ0v) is 13.6. The lowest BCUT2D eigenvalue weighted by Gasteiger charge is -2.09. The Hall–Kier alpha value is -2.61. The van der Waals surface area contributed by atoms with Crippen LogP contribution in [0, 0.1) is 13.8 Å². The van der Waals surface area contributed by atoms with Crippen LogP contribution in [0.1, 0.15) is 11.4 Å². The standard InChI is InChI=1S/C15H15N3O4S/c1-9-15(10(2)18(3)16-9)17-23(20,21)12-5-6-13-11(8-12)4-7-14(19)22-13/h4-8,17H,1-3H3. The molecular formula is C15H15N3O4S. The summed E-state index contributed by atoms with van der Waals surface area (Å²) in [6.07, 6.45) is 0. The number of hydrogen-bond acceptors (Lipinski definition) is 5. The van der Waals surface area contributed by atoms with Crippen molar-refractivity contribution in [3.8, 4) is 0 Å². The van der Waals surface area contributed by atoms with Gasteiger partial charge in [-0.2, -0.15) is 5.10 Å². The molecule has 0 aliphatic heterocycles. The third-order valence-corrected chi connectivity index (χ3v) is 4.99. The first-order chi connectivity index (χ1) is 10.8. The summed E-state index contributed by atoms with van der Waals surface area (Å²) in [5, 5.41) is 4.72. The van der Waals surface area contributed by atoms with Gasteiger partial charge in [-0.3, -0.25) is 9.40 Å². The number of benzene rings is 1. The summed E-state index contributed by atoms with van der Waals surface area (Å²) in [6, 6.07) is 7.10. The SMILES string of the molecule is Cc1nn(C)c(C)c1NS(=O)(=O)c1ccc2oc(=O)ccc2c1. The zero-order chi connectivity index (χ0) is 16.8. The van der Waals surface area contributed by atoms with E-state index in [2.05, 4.69) is 9.82 Å². The maximum absolute atomic E-state index is 12.6. The van der Waals surface area contributed by atoms with Crippen molar-refractivity contribution in [2.24, 2.45) is 7.05 Å². The molecule has 0 bridgehead atoms. The number of sulfonamides is 1. The third kappa shape index (κ3) is 2.72. The first kappa shape index (κ1) is 15.3. The Morgan fingerprint density at radius 3 is 2.57 bits per heavy atom. The number of nitrogens with one attached hydrogen (secondary N) is 1. The molecule has 0 saturated carbocycles. The summed E-state index contributed by atoms with van der Waals surface area (Å²) in [5.41, 5.74) is 1.64. The van der Waals surface area contributed by atoms with Crippen LogP contribution in [0.25, 0.3) is 11.0 Å². The molecule has 0 saturated heterocycles. The molecule has 0 fully saturated rings. The van der Waals surface area contributed by atoms with E-state index in [1.165, 1.54) is 30.3 Å². The van der Waals surface area contributed by atoms with Gasteiger partial charge in [-0.1, -0.05) is 0 Å². The molecule has 2 aromatic heterocycles. The molecule has 0 radical (unpaired) electrons. The zero-order valence-electron chi connectivity index (χ0n) is 12.8. The fourth-order valence-electron chi connectivity index (χ4n) is 2.33. The van der Waals surface area contributed by atoms with Crippen molar-refractivity contribution >= 4 is 26.7 Å². The molecule has 3 aromatic rings. The largest absolute Gasteiger partial charge is 0.423 e. The van der Waals surface area contributed by atoms with Crippen molar-refractivity contribution in [2.45, 2.75) is 18.7 Å². The summed E-state index contributed by atoms with van der Waals surface area (Å²) in [5.74, 6) is 0. The molecule has 1 aromatic carbocycles. The molecule has 0 spiro atoms. The molecule has 0 atom stereocenters. The van der Waals surface area contributed by atoms with Gasteiger partial charge in [0.05, 0.1) is 22.0 Å². The van der Waals surface area contributed by atoms with Crippen LogP contribution in [0.5, 0.6) is 0 Å². The summed E-state index contributed by atoms with van der Waals surface area (Å²) >= 11 is 0. The van der Waals surface area contributed by atoms with Crippen molar-refractivity contribution in [1.29, 1.82) is 0 Å². The molecule has 2 heterocycles. The van der Waals surface area contributed by atoms with Gasteiger partial charge in [-0.05, 0) is 38.1 Å². The third-order valence-electron chi connectivity index (χ3n) is 3.65. The monoisotopic (exact) mass is 333 g/mol. The topological polar surface area (TPSA) is 94.2 Å². The van der Waals surface area contributed by atoms with Gasteiger partial charge in [-0.15, -0.1) is 0 Å². The van der Waals surface area contributed by atoms with Crippen molar-refractivity contribution in [3.63, 3.8) is 0 Å². The number of anilines is 1. The average Bonchev–Trinajstić information content (AvgIpc) is 2.73. The van der Waals surface area contributed by atoms with E-state index < -0.39 is 15.6 Å². The van der Waals surface area contributed by atoms with Crippen LogP contribution >= 0.6 is 0 Å². The first-order valence-corrected chi connectivity index (χ1v) is 8.33. The van der Waals surface area contributed by atoms with Crippen LogP contribution in [-0.2, 0) is 17.1 Å². The van der Waals surface area contributed by atoms with Crippen molar-refractivity contribution in [2.75, 3.05) is 4.72 Å². The van der Waals surface area contributed by atoms with Crippen LogP contribution in [0.2, 0.25) is 0 Å².